The summed E-state index contributed by atoms with van der Waals surface area (Å²) in [6.07, 6.45) is 1.89. The SMILES string of the molecule is CCC/C(=C\[C@H](N)C(=O)O)CP(=O)(O)O. The Balaban J connectivity index is 4.65. The van der Waals surface area contributed by atoms with E-state index in [1.54, 1.807) is 0 Å². The number of hydrogen-bond acceptors (Lipinski definition) is 3. The van der Waals surface area contributed by atoms with Crippen LogP contribution >= 0.6 is 7.60 Å². The van der Waals surface area contributed by atoms with Crippen LogP contribution in [-0.2, 0) is 9.36 Å². The normalized spacial score (nSPS) is 15.1. The molecule has 0 aromatic carbocycles. The van der Waals surface area contributed by atoms with Crippen LogP contribution in [0.5, 0.6) is 0 Å². The van der Waals surface area contributed by atoms with Crippen molar-refractivity contribution in [3.05, 3.63) is 11.6 Å². The van der Waals surface area contributed by atoms with E-state index in [4.69, 9.17) is 20.6 Å². The van der Waals surface area contributed by atoms with Crippen LogP contribution in [0, 0.1) is 0 Å². The molecule has 0 unspecified atom stereocenters. The van der Waals surface area contributed by atoms with Crippen LogP contribution in [0.2, 0.25) is 0 Å². The van der Waals surface area contributed by atoms with Crippen molar-refractivity contribution in [1.29, 1.82) is 0 Å². The molecule has 0 rings (SSSR count). The predicted octanol–water partition coefficient (Wildman–Crippen LogP) is 0.302. The molecule has 0 fully saturated rings. The first-order chi connectivity index (χ1) is 6.76. The molecule has 5 N–H and O–H groups in total. The van der Waals surface area contributed by atoms with Gasteiger partial charge in [-0.2, -0.15) is 0 Å². The van der Waals surface area contributed by atoms with E-state index >= 15 is 0 Å². The lowest BCUT2D eigenvalue weighted by Gasteiger charge is -2.09. The van der Waals surface area contributed by atoms with E-state index in [1.165, 1.54) is 6.08 Å². The first-order valence-electron chi connectivity index (χ1n) is 4.48. The van der Waals surface area contributed by atoms with Crippen molar-refractivity contribution < 1.29 is 24.3 Å². The van der Waals surface area contributed by atoms with E-state index in [2.05, 4.69) is 0 Å². The number of allylic oxidation sites excluding steroid dienone is 1. The minimum Gasteiger partial charge on any atom is -0.480 e. The smallest absolute Gasteiger partial charge is 0.329 e. The first kappa shape index (κ1) is 14.3. The Kier molecular flexibility index (Phi) is 5.75. The number of aliphatic carboxylic acids is 1. The van der Waals surface area contributed by atoms with Crippen LogP contribution in [-0.4, -0.2) is 33.1 Å². The molecule has 6 nitrogen and oxygen atoms in total. The molecule has 0 spiro atoms. The van der Waals surface area contributed by atoms with Gasteiger partial charge in [0.05, 0.1) is 6.16 Å². The van der Waals surface area contributed by atoms with Gasteiger partial charge in [-0.25, -0.2) is 0 Å². The topological polar surface area (TPSA) is 121 Å². The van der Waals surface area contributed by atoms with Crippen molar-refractivity contribution in [2.24, 2.45) is 5.73 Å². The molecular formula is C8H16NO5P. The lowest BCUT2D eigenvalue weighted by atomic mass is 10.1. The quantitative estimate of drug-likeness (QED) is 0.389. The van der Waals surface area contributed by atoms with Crippen LogP contribution in [0.15, 0.2) is 11.6 Å². The number of carbonyl (C=O) groups is 1. The lowest BCUT2D eigenvalue weighted by molar-refractivity contribution is -0.137. The molecule has 0 saturated heterocycles. The minimum atomic E-state index is -4.15. The molecule has 0 saturated carbocycles. The van der Waals surface area contributed by atoms with E-state index in [0.29, 0.717) is 18.4 Å². The Morgan fingerprint density at radius 1 is 1.53 bits per heavy atom. The highest BCUT2D eigenvalue weighted by molar-refractivity contribution is 7.52. The summed E-state index contributed by atoms with van der Waals surface area (Å²) in [5.41, 5.74) is 5.63. The standard InChI is InChI=1S/C8H16NO5P/c1-2-3-6(5-15(12,13)14)4-7(9)8(10)11/h4,7H,2-3,5,9H2,1H3,(H,10,11)(H2,12,13,14)/b6-4+/t7-/m0/s1. The third-order valence-corrected chi connectivity index (χ3v) is 2.50. The van der Waals surface area contributed by atoms with Crippen molar-refractivity contribution in [3.8, 4) is 0 Å². The number of nitrogens with two attached hydrogens (primary N) is 1. The van der Waals surface area contributed by atoms with E-state index in [9.17, 15) is 9.36 Å². The van der Waals surface area contributed by atoms with Gasteiger partial charge < -0.3 is 20.6 Å². The third kappa shape index (κ3) is 7.27. The summed E-state index contributed by atoms with van der Waals surface area (Å²) in [5.74, 6) is -1.21. The fraction of sp³-hybridized carbons (Fsp3) is 0.625. The average molecular weight is 237 g/mol. The molecule has 7 heteroatoms. The fourth-order valence-electron chi connectivity index (χ4n) is 1.13. The zero-order valence-corrected chi connectivity index (χ0v) is 9.35. The molecule has 0 aliphatic rings. The second-order valence-electron chi connectivity index (χ2n) is 3.26. The number of carboxylic acids is 1. The van der Waals surface area contributed by atoms with E-state index in [0.717, 1.165) is 0 Å². The van der Waals surface area contributed by atoms with Gasteiger partial charge in [0.15, 0.2) is 0 Å². The summed E-state index contributed by atoms with van der Waals surface area (Å²) < 4.78 is 10.7. The van der Waals surface area contributed by atoms with E-state index < -0.39 is 25.8 Å². The van der Waals surface area contributed by atoms with Crippen LogP contribution < -0.4 is 5.73 Å². The molecule has 15 heavy (non-hydrogen) atoms. The van der Waals surface area contributed by atoms with Crippen molar-refractivity contribution in [3.63, 3.8) is 0 Å². The van der Waals surface area contributed by atoms with Crippen LogP contribution in [0.3, 0.4) is 0 Å². The maximum Gasteiger partial charge on any atom is 0.329 e. The van der Waals surface area contributed by atoms with Gasteiger partial charge in [0.1, 0.15) is 6.04 Å². The molecule has 0 aliphatic heterocycles. The minimum absolute atomic E-state index is 0.390. The zero-order chi connectivity index (χ0) is 12.1. The Morgan fingerprint density at radius 3 is 2.40 bits per heavy atom. The lowest BCUT2D eigenvalue weighted by Crippen LogP contribution is -2.28. The Morgan fingerprint density at radius 2 is 2.07 bits per heavy atom. The Hall–Kier alpha value is -0.680. The summed E-state index contributed by atoms with van der Waals surface area (Å²) >= 11 is 0. The van der Waals surface area contributed by atoms with Gasteiger partial charge in [-0.15, -0.1) is 0 Å². The van der Waals surface area contributed by atoms with Gasteiger partial charge in [-0.1, -0.05) is 25.0 Å². The zero-order valence-electron chi connectivity index (χ0n) is 8.46. The van der Waals surface area contributed by atoms with Gasteiger partial charge >= 0.3 is 13.6 Å². The summed E-state index contributed by atoms with van der Waals surface area (Å²) in [4.78, 5) is 27.9. The van der Waals surface area contributed by atoms with E-state index in [1.807, 2.05) is 6.92 Å². The third-order valence-electron chi connectivity index (χ3n) is 1.68. The second-order valence-corrected chi connectivity index (χ2v) is 4.91. The molecule has 0 aromatic heterocycles. The van der Waals surface area contributed by atoms with Crippen molar-refractivity contribution in [1.82, 2.24) is 0 Å². The molecule has 0 aromatic rings. The second kappa shape index (κ2) is 6.02. The fourth-order valence-corrected chi connectivity index (χ4v) is 1.92. The van der Waals surface area contributed by atoms with Crippen LogP contribution in [0.4, 0.5) is 0 Å². The summed E-state index contributed by atoms with van der Waals surface area (Å²) in [7, 11) is -4.15. The van der Waals surface area contributed by atoms with Gasteiger partial charge in [0, 0.05) is 0 Å². The molecule has 0 radical (unpaired) electrons. The number of carboxylic acid groups (broad SMARTS) is 1. The Labute approximate surface area is 88.0 Å². The molecule has 0 amide bonds. The highest BCUT2D eigenvalue weighted by Crippen LogP contribution is 2.37. The van der Waals surface area contributed by atoms with Gasteiger partial charge in [-0.3, -0.25) is 9.36 Å². The maximum absolute atomic E-state index is 10.7. The highest BCUT2D eigenvalue weighted by Gasteiger charge is 2.17. The van der Waals surface area contributed by atoms with Gasteiger partial charge in [-0.05, 0) is 6.42 Å². The van der Waals surface area contributed by atoms with Crippen molar-refractivity contribution >= 4 is 13.6 Å². The Bertz CT molecular complexity index is 295. The highest BCUT2D eigenvalue weighted by atomic mass is 31.2. The van der Waals surface area contributed by atoms with Crippen molar-refractivity contribution in [2.45, 2.75) is 25.8 Å². The average Bonchev–Trinajstić information content (AvgIpc) is 2.00. The monoisotopic (exact) mass is 237 g/mol. The summed E-state index contributed by atoms with van der Waals surface area (Å²) in [5, 5.41) is 8.53. The van der Waals surface area contributed by atoms with Crippen molar-refractivity contribution in [2.75, 3.05) is 6.16 Å². The molecule has 0 aliphatic carbocycles. The molecule has 88 valence electrons. The molecular weight excluding hydrogens is 221 g/mol. The molecule has 0 heterocycles. The number of rotatable bonds is 6. The number of hydrogen-bond donors (Lipinski definition) is 4. The van der Waals surface area contributed by atoms with E-state index in [-0.39, 0.29) is 0 Å². The summed E-state index contributed by atoms with van der Waals surface area (Å²) in [6, 6.07) is -1.21. The molecule has 0 bridgehead atoms. The summed E-state index contributed by atoms with van der Waals surface area (Å²) in [6.45, 7) is 1.83. The predicted molar refractivity (Wildman–Crippen MR) is 55.5 cm³/mol. The first-order valence-corrected chi connectivity index (χ1v) is 6.28. The van der Waals surface area contributed by atoms with Crippen LogP contribution in [0.25, 0.3) is 0 Å². The van der Waals surface area contributed by atoms with Gasteiger partial charge in [0.25, 0.3) is 0 Å². The largest absolute Gasteiger partial charge is 0.480 e. The molecule has 1 atom stereocenters. The van der Waals surface area contributed by atoms with Crippen LogP contribution in [0.1, 0.15) is 19.8 Å². The van der Waals surface area contributed by atoms with Gasteiger partial charge in [0.2, 0.25) is 0 Å². The maximum atomic E-state index is 10.7.